The zero-order valence-electron chi connectivity index (χ0n) is 18.4. The summed E-state index contributed by atoms with van der Waals surface area (Å²) in [6, 6.07) is 17.3. The van der Waals surface area contributed by atoms with Crippen LogP contribution >= 0.6 is 0 Å². The molecule has 1 heterocycles. The SMILES string of the molecule is CCCCCOCCCOc1ccccc1-c1cc(N=C(N)NC=O)c2ccccc2n1. The number of hydrogen-bond acceptors (Lipinski definition) is 5. The lowest BCUT2D eigenvalue weighted by atomic mass is 10.1. The van der Waals surface area contributed by atoms with Crippen molar-refractivity contribution in [3.63, 3.8) is 0 Å². The molecule has 1 amide bonds. The normalized spacial score (nSPS) is 11.5. The lowest BCUT2D eigenvalue weighted by Gasteiger charge is -2.13. The number of nitrogens with one attached hydrogen (secondary N) is 1. The van der Waals surface area contributed by atoms with Crippen molar-refractivity contribution in [1.82, 2.24) is 10.3 Å². The van der Waals surface area contributed by atoms with Crippen LogP contribution in [0.3, 0.4) is 0 Å². The van der Waals surface area contributed by atoms with E-state index >= 15 is 0 Å². The van der Waals surface area contributed by atoms with Crippen LogP contribution in [0.5, 0.6) is 5.75 Å². The van der Waals surface area contributed by atoms with Crippen molar-refractivity contribution in [3.05, 3.63) is 54.6 Å². The minimum absolute atomic E-state index is 0.0192. The van der Waals surface area contributed by atoms with Gasteiger partial charge in [0.15, 0.2) is 5.96 Å². The van der Waals surface area contributed by atoms with Gasteiger partial charge in [-0.15, -0.1) is 0 Å². The number of nitrogens with two attached hydrogens (primary N) is 1. The second-order valence-electron chi connectivity index (χ2n) is 7.32. The summed E-state index contributed by atoms with van der Waals surface area (Å²) in [6.45, 7) is 4.22. The number of hydrogen-bond donors (Lipinski definition) is 2. The number of benzene rings is 2. The number of rotatable bonds is 12. The number of nitrogens with zero attached hydrogens (tertiary/aromatic N) is 2. The summed E-state index contributed by atoms with van der Waals surface area (Å²) in [4.78, 5) is 19.9. The van der Waals surface area contributed by atoms with E-state index in [2.05, 4.69) is 17.2 Å². The van der Waals surface area contributed by atoms with E-state index in [1.807, 2.05) is 54.6 Å². The van der Waals surface area contributed by atoms with Crippen LogP contribution in [0, 0.1) is 0 Å². The summed E-state index contributed by atoms with van der Waals surface area (Å²) in [5.41, 5.74) is 8.78. The smallest absolute Gasteiger partial charge is 0.213 e. The van der Waals surface area contributed by atoms with Gasteiger partial charge in [0.25, 0.3) is 0 Å². The molecule has 0 saturated carbocycles. The van der Waals surface area contributed by atoms with Crippen molar-refractivity contribution in [3.8, 4) is 17.0 Å². The number of unbranched alkanes of at least 4 members (excludes halogenated alkanes) is 2. The highest BCUT2D eigenvalue weighted by Crippen LogP contribution is 2.34. The molecule has 0 bridgehead atoms. The predicted molar refractivity (Wildman–Crippen MR) is 128 cm³/mol. The van der Waals surface area contributed by atoms with E-state index in [0.717, 1.165) is 41.7 Å². The second-order valence-corrected chi connectivity index (χ2v) is 7.32. The third-order valence-corrected chi connectivity index (χ3v) is 4.89. The molecular weight excluding hydrogens is 404 g/mol. The minimum Gasteiger partial charge on any atom is -0.493 e. The first-order chi connectivity index (χ1) is 15.7. The van der Waals surface area contributed by atoms with Gasteiger partial charge in [0.05, 0.1) is 23.5 Å². The highest BCUT2D eigenvalue weighted by Gasteiger charge is 2.12. The fourth-order valence-corrected chi connectivity index (χ4v) is 3.31. The van der Waals surface area contributed by atoms with Crippen LogP contribution in [0.15, 0.2) is 59.6 Å². The van der Waals surface area contributed by atoms with E-state index < -0.39 is 0 Å². The van der Waals surface area contributed by atoms with Gasteiger partial charge in [-0.3, -0.25) is 10.1 Å². The number of aromatic nitrogens is 1. The van der Waals surface area contributed by atoms with Crippen LogP contribution in [0.4, 0.5) is 5.69 Å². The number of para-hydroxylation sites is 2. The van der Waals surface area contributed by atoms with E-state index in [9.17, 15) is 4.79 Å². The number of amides is 1. The molecule has 0 fully saturated rings. The van der Waals surface area contributed by atoms with E-state index in [1.54, 1.807) is 0 Å². The van der Waals surface area contributed by atoms with E-state index in [4.69, 9.17) is 20.2 Å². The molecule has 7 nitrogen and oxygen atoms in total. The van der Waals surface area contributed by atoms with Crippen molar-refractivity contribution in [1.29, 1.82) is 0 Å². The number of fused-ring (bicyclic) bond motifs is 1. The highest BCUT2D eigenvalue weighted by atomic mass is 16.5. The molecule has 3 N–H and O–H groups in total. The molecule has 0 atom stereocenters. The van der Waals surface area contributed by atoms with Gasteiger partial charge < -0.3 is 15.2 Å². The maximum Gasteiger partial charge on any atom is 0.213 e. The summed E-state index contributed by atoms with van der Waals surface area (Å²) in [6.07, 6.45) is 4.81. The molecule has 2 aromatic carbocycles. The van der Waals surface area contributed by atoms with Crippen molar-refractivity contribution in [2.24, 2.45) is 10.7 Å². The largest absolute Gasteiger partial charge is 0.493 e. The first-order valence-corrected chi connectivity index (χ1v) is 11.0. The first-order valence-electron chi connectivity index (χ1n) is 11.0. The topological polar surface area (TPSA) is 98.8 Å². The van der Waals surface area contributed by atoms with Gasteiger partial charge >= 0.3 is 0 Å². The first kappa shape index (κ1) is 23.2. The van der Waals surface area contributed by atoms with Crippen molar-refractivity contribution in [2.75, 3.05) is 19.8 Å². The maximum atomic E-state index is 10.7. The number of pyridine rings is 1. The molecule has 168 valence electrons. The lowest BCUT2D eigenvalue weighted by molar-refractivity contribution is -0.108. The number of guanidine groups is 1. The maximum absolute atomic E-state index is 10.7. The zero-order chi connectivity index (χ0) is 22.6. The second kappa shape index (κ2) is 12.4. The van der Waals surface area contributed by atoms with Crippen molar-refractivity contribution < 1.29 is 14.3 Å². The molecule has 0 saturated heterocycles. The van der Waals surface area contributed by atoms with E-state index in [0.29, 0.717) is 31.0 Å². The molecule has 0 radical (unpaired) electrons. The molecule has 0 aliphatic rings. The summed E-state index contributed by atoms with van der Waals surface area (Å²) >= 11 is 0. The fraction of sp³-hybridized carbons (Fsp3) is 0.320. The average molecular weight is 435 g/mol. The number of carbonyl (C=O) groups is 1. The van der Waals surface area contributed by atoms with Crippen molar-refractivity contribution in [2.45, 2.75) is 32.6 Å². The quantitative estimate of drug-likeness (QED) is 0.188. The lowest BCUT2D eigenvalue weighted by Crippen LogP contribution is -2.29. The zero-order valence-corrected chi connectivity index (χ0v) is 18.4. The molecule has 7 heteroatoms. The number of aliphatic imine (C=N–C) groups is 1. The molecule has 0 spiro atoms. The summed E-state index contributed by atoms with van der Waals surface area (Å²) in [5.74, 6) is 0.765. The van der Waals surface area contributed by atoms with Crippen molar-refractivity contribution >= 4 is 29.0 Å². The Hall–Kier alpha value is -3.45. The number of ether oxygens (including phenoxy) is 2. The van der Waals surface area contributed by atoms with Crippen LogP contribution < -0.4 is 15.8 Å². The Bertz CT molecular complexity index is 1050. The Morgan fingerprint density at radius 2 is 1.84 bits per heavy atom. The summed E-state index contributed by atoms with van der Waals surface area (Å²) in [5, 5.41) is 3.21. The summed E-state index contributed by atoms with van der Waals surface area (Å²) in [7, 11) is 0. The monoisotopic (exact) mass is 434 g/mol. The molecule has 3 rings (SSSR count). The Morgan fingerprint density at radius 3 is 2.69 bits per heavy atom. The molecule has 0 aliphatic carbocycles. The van der Waals surface area contributed by atoms with Gasteiger partial charge in [-0.1, -0.05) is 50.1 Å². The van der Waals surface area contributed by atoms with Gasteiger partial charge in [0.1, 0.15) is 5.75 Å². The van der Waals surface area contributed by atoms with Gasteiger partial charge in [0, 0.05) is 30.6 Å². The Labute approximate surface area is 188 Å². The van der Waals surface area contributed by atoms with Gasteiger partial charge in [-0.05, 0) is 30.7 Å². The van der Waals surface area contributed by atoms with E-state index in [1.165, 1.54) is 12.8 Å². The van der Waals surface area contributed by atoms with Gasteiger partial charge in [-0.2, -0.15) is 0 Å². The van der Waals surface area contributed by atoms with Crippen LogP contribution in [0.1, 0.15) is 32.6 Å². The van der Waals surface area contributed by atoms with Crippen LogP contribution in [-0.4, -0.2) is 37.2 Å². The Kier molecular flexibility index (Phi) is 9.01. The molecular formula is C25H30N4O3. The van der Waals surface area contributed by atoms with Crippen LogP contribution in [0.25, 0.3) is 22.2 Å². The number of carbonyl (C=O) groups excluding carboxylic acids is 1. The molecule has 0 unspecified atom stereocenters. The van der Waals surface area contributed by atoms with Crippen LogP contribution in [0.2, 0.25) is 0 Å². The van der Waals surface area contributed by atoms with Gasteiger partial charge in [-0.25, -0.2) is 9.98 Å². The third kappa shape index (κ3) is 6.52. The molecule has 1 aromatic heterocycles. The fourth-order valence-electron chi connectivity index (χ4n) is 3.31. The Morgan fingerprint density at radius 1 is 1.06 bits per heavy atom. The molecule has 32 heavy (non-hydrogen) atoms. The standard InChI is InChI=1S/C25H30N4O3/c1-2-3-8-14-31-15-9-16-32-24-13-7-5-11-20(24)23-17-22(29-25(26)27-18-30)19-10-4-6-12-21(19)28-23/h4-7,10-13,17-18H,2-3,8-9,14-16H2,1H3,(H3,26,27,28,29,30). The molecule has 3 aromatic rings. The third-order valence-electron chi connectivity index (χ3n) is 4.89. The van der Waals surface area contributed by atoms with Crippen LogP contribution in [-0.2, 0) is 9.53 Å². The molecule has 0 aliphatic heterocycles. The van der Waals surface area contributed by atoms with Gasteiger partial charge in [0.2, 0.25) is 6.41 Å². The predicted octanol–water partition coefficient (Wildman–Crippen LogP) is 4.57. The minimum atomic E-state index is 0.0192. The van der Waals surface area contributed by atoms with E-state index in [-0.39, 0.29) is 5.96 Å². The Balaban J connectivity index is 1.78. The highest BCUT2D eigenvalue weighted by molar-refractivity contribution is 5.97. The average Bonchev–Trinajstić information content (AvgIpc) is 2.81. The summed E-state index contributed by atoms with van der Waals surface area (Å²) < 4.78 is 11.7.